The molecule has 0 heterocycles. The van der Waals surface area contributed by atoms with E-state index in [0.717, 1.165) is 69.9 Å². The van der Waals surface area contributed by atoms with Crippen LogP contribution in [0, 0.1) is 0 Å². The topological polar surface area (TPSA) is 109 Å². The number of hydrogen-bond acceptors (Lipinski definition) is 4. The number of carbonyl (C=O) groups is 4. The lowest BCUT2D eigenvalue weighted by atomic mass is 10.0. The number of carboxylic acids is 2. The first kappa shape index (κ1) is 41.4. The van der Waals surface area contributed by atoms with Crippen molar-refractivity contribution < 1.29 is 29.4 Å². The summed E-state index contributed by atoms with van der Waals surface area (Å²) < 4.78 is 0. The number of allylic oxidation sites excluding steroid dienone is 6. The molecule has 0 saturated carbocycles. The summed E-state index contributed by atoms with van der Waals surface area (Å²) in [6, 6.07) is 0. The average molecular weight is 589 g/mol. The van der Waals surface area contributed by atoms with Crippen molar-refractivity contribution in [1.82, 2.24) is 0 Å². The molecule has 0 aromatic rings. The van der Waals surface area contributed by atoms with Crippen LogP contribution in [0.15, 0.2) is 48.6 Å². The van der Waals surface area contributed by atoms with Crippen molar-refractivity contribution in [2.75, 3.05) is 0 Å². The van der Waals surface area contributed by atoms with Crippen LogP contribution in [0.1, 0.15) is 155 Å². The van der Waals surface area contributed by atoms with Crippen LogP contribution in [0.5, 0.6) is 0 Å². The second-order valence-electron chi connectivity index (χ2n) is 10.9. The molecule has 0 rings (SSSR count). The Hall–Kier alpha value is -2.76. The highest BCUT2D eigenvalue weighted by atomic mass is 16.4. The highest BCUT2D eigenvalue weighted by Crippen LogP contribution is 2.12. The van der Waals surface area contributed by atoms with Crippen LogP contribution in [-0.2, 0) is 19.2 Å². The number of carboxylic acid groups (broad SMARTS) is 2. The maximum atomic E-state index is 11.5. The molecular weight excluding hydrogens is 528 g/mol. The molecule has 42 heavy (non-hydrogen) atoms. The summed E-state index contributed by atoms with van der Waals surface area (Å²) in [5, 5.41) is 16.8. The number of ketones is 2. The third-order valence-electron chi connectivity index (χ3n) is 6.78. The summed E-state index contributed by atoms with van der Waals surface area (Å²) in [6.07, 6.45) is 36.5. The van der Waals surface area contributed by atoms with Gasteiger partial charge in [0.05, 0.1) is 0 Å². The van der Waals surface area contributed by atoms with E-state index in [2.05, 4.69) is 13.8 Å². The minimum atomic E-state index is -0.998. The fraction of sp³-hybridized carbons (Fsp3) is 0.667. The second-order valence-corrected chi connectivity index (χ2v) is 10.9. The van der Waals surface area contributed by atoms with E-state index in [4.69, 9.17) is 10.2 Å². The molecule has 0 atom stereocenters. The number of Topliss-reactive ketones (excluding diaryl/α,β-unsaturated/α-hetero) is 1. The molecule has 0 amide bonds. The number of aliphatic carboxylic acids is 2. The van der Waals surface area contributed by atoms with Crippen LogP contribution >= 0.6 is 0 Å². The summed E-state index contributed by atoms with van der Waals surface area (Å²) in [4.78, 5) is 43.4. The maximum absolute atomic E-state index is 11.5. The lowest BCUT2D eigenvalue weighted by Crippen LogP contribution is -1.97. The highest BCUT2D eigenvalue weighted by molar-refractivity contribution is 5.90. The number of unbranched alkanes of at least 4 members (excludes halogenated alkanes) is 16. The van der Waals surface area contributed by atoms with Gasteiger partial charge in [0.15, 0.2) is 5.78 Å². The zero-order valence-corrected chi connectivity index (χ0v) is 26.7. The Morgan fingerprint density at radius 3 is 1.36 bits per heavy atom. The first-order valence-electron chi connectivity index (χ1n) is 16.5. The maximum Gasteiger partial charge on any atom is 0.328 e. The van der Waals surface area contributed by atoms with E-state index in [1.165, 1.54) is 95.3 Å². The minimum Gasteiger partial charge on any atom is -0.478 e. The molecule has 0 spiro atoms. The van der Waals surface area contributed by atoms with Gasteiger partial charge >= 0.3 is 11.9 Å². The molecule has 0 aromatic carbocycles. The largest absolute Gasteiger partial charge is 0.478 e. The van der Waals surface area contributed by atoms with Crippen LogP contribution in [0.2, 0.25) is 0 Å². The quantitative estimate of drug-likeness (QED) is 0.0535. The van der Waals surface area contributed by atoms with Gasteiger partial charge in [0.1, 0.15) is 5.78 Å². The van der Waals surface area contributed by atoms with Crippen LogP contribution in [0.4, 0.5) is 0 Å². The highest BCUT2D eigenvalue weighted by Gasteiger charge is 2.01. The van der Waals surface area contributed by atoms with Gasteiger partial charge in [-0.05, 0) is 38.2 Å². The zero-order chi connectivity index (χ0) is 31.5. The molecule has 0 bridgehead atoms. The SMILES string of the molecule is CCCCCC(=O)CCCCCCCC=CC=CC(=O)O.CCCCCCCCCCCCC(=O)C=CC=CC(=O)O. The fourth-order valence-corrected chi connectivity index (χ4v) is 4.30. The van der Waals surface area contributed by atoms with Gasteiger partial charge in [-0.25, -0.2) is 9.59 Å². The Labute approximate surface area is 256 Å². The van der Waals surface area contributed by atoms with Gasteiger partial charge in [0.25, 0.3) is 0 Å². The standard InChI is InChI=1S/2C18H30O3/c1-2-3-11-14-17(19)15-12-9-7-5-4-6-8-10-13-16-18(20)21;1-2-3-4-5-6-7-8-9-10-11-14-17(19)15-12-13-16-18(20)21/h8,10,13,16H,2-7,9,11-12,14-15H2,1H3,(H,20,21);12-13,15-16H,2-11,14H2,1H3,(H,20,21). The van der Waals surface area contributed by atoms with Gasteiger partial charge in [-0.3, -0.25) is 9.59 Å². The molecular formula is C36H60O6. The third-order valence-corrected chi connectivity index (χ3v) is 6.78. The monoisotopic (exact) mass is 588 g/mol. The normalized spacial score (nSPS) is 11.5. The van der Waals surface area contributed by atoms with E-state index >= 15 is 0 Å². The molecule has 0 aliphatic heterocycles. The first-order chi connectivity index (χ1) is 20.3. The van der Waals surface area contributed by atoms with Crippen molar-refractivity contribution in [2.24, 2.45) is 0 Å². The zero-order valence-electron chi connectivity index (χ0n) is 26.7. The molecule has 0 aromatic heterocycles. The van der Waals surface area contributed by atoms with Crippen molar-refractivity contribution in [3.63, 3.8) is 0 Å². The van der Waals surface area contributed by atoms with Crippen LogP contribution in [0.3, 0.4) is 0 Å². The smallest absolute Gasteiger partial charge is 0.328 e. The lowest BCUT2D eigenvalue weighted by molar-refractivity contribution is -0.132. The Morgan fingerprint density at radius 2 is 0.833 bits per heavy atom. The van der Waals surface area contributed by atoms with E-state index in [1.807, 2.05) is 6.08 Å². The predicted molar refractivity (Wildman–Crippen MR) is 175 cm³/mol. The van der Waals surface area contributed by atoms with Crippen molar-refractivity contribution in [1.29, 1.82) is 0 Å². The molecule has 0 unspecified atom stereocenters. The van der Waals surface area contributed by atoms with Crippen molar-refractivity contribution in [2.45, 2.75) is 155 Å². The lowest BCUT2D eigenvalue weighted by Gasteiger charge is -2.01. The summed E-state index contributed by atoms with van der Waals surface area (Å²) in [5.41, 5.74) is 0. The summed E-state index contributed by atoms with van der Waals surface area (Å²) in [7, 11) is 0. The Kier molecular flexibility index (Phi) is 33.9. The van der Waals surface area contributed by atoms with Gasteiger partial charge in [-0.2, -0.15) is 0 Å². The molecule has 0 radical (unpaired) electrons. The third kappa shape index (κ3) is 39.4. The predicted octanol–water partition coefficient (Wildman–Crippen LogP) is 10.1. The van der Waals surface area contributed by atoms with Crippen molar-refractivity contribution in [3.8, 4) is 0 Å². The van der Waals surface area contributed by atoms with Gasteiger partial charge in [-0.1, -0.05) is 134 Å². The van der Waals surface area contributed by atoms with Crippen molar-refractivity contribution in [3.05, 3.63) is 48.6 Å². The molecule has 240 valence electrons. The van der Waals surface area contributed by atoms with E-state index < -0.39 is 11.9 Å². The Balaban J connectivity index is 0. The Morgan fingerprint density at radius 1 is 0.452 bits per heavy atom. The molecule has 0 fully saturated rings. The first-order valence-corrected chi connectivity index (χ1v) is 16.5. The molecule has 6 heteroatoms. The molecule has 2 N–H and O–H groups in total. The molecule has 0 saturated heterocycles. The number of hydrogen-bond donors (Lipinski definition) is 2. The van der Waals surface area contributed by atoms with Gasteiger partial charge in [0, 0.05) is 31.4 Å². The number of carbonyl (C=O) groups excluding carboxylic acids is 2. The van der Waals surface area contributed by atoms with Gasteiger partial charge in [0.2, 0.25) is 0 Å². The van der Waals surface area contributed by atoms with E-state index in [9.17, 15) is 19.2 Å². The van der Waals surface area contributed by atoms with E-state index in [0.29, 0.717) is 12.2 Å². The summed E-state index contributed by atoms with van der Waals surface area (Å²) >= 11 is 0. The molecule has 6 nitrogen and oxygen atoms in total. The Bertz CT molecular complexity index is 791. The van der Waals surface area contributed by atoms with Gasteiger partial charge < -0.3 is 10.2 Å². The fourth-order valence-electron chi connectivity index (χ4n) is 4.30. The second kappa shape index (κ2) is 34.4. The summed E-state index contributed by atoms with van der Waals surface area (Å²) in [5.74, 6) is -1.41. The van der Waals surface area contributed by atoms with Crippen LogP contribution in [0.25, 0.3) is 0 Å². The van der Waals surface area contributed by atoms with E-state index in [1.54, 1.807) is 12.2 Å². The van der Waals surface area contributed by atoms with Crippen molar-refractivity contribution >= 4 is 23.5 Å². The molecule has 0 aliphatic rings. The average Bonchev–Trinajstić information content (AvgIpc) is 2.95. The molecule has 0 aliphatic carbocycles. The summed E-state index contributed by atoms with van der Waals surface area (Å²) in [6.45, 7) is 4.39. The van der Waals surface area contributed by atoms with E-state index in [-0.39, 0.29) is 5.78 Å². The van der Waals surface area contributed by atoms with Crippen LogP contribution < -0.4 is 0 Å². The van der Waals surface area contributed by atoms with Gasteiger partial charge in [-0.15, -0.1) is 0 Å². The van der Waals surface area contributed by atoms with Crippen LogP contribution in [-0.4, -0.2) is 33.7 Å². The number of rotatable bonds is 28. The minimum absolute atomic E-state index is 0.0737.